The molecule has 2 nitrogen and oxygen atoms in total. The first kappa shape index (κ1) is 14.6. The van der Waals surface area contributed by atoms with Crippen LogP contribution in [0.1, 0.15) is 38.5 Å². The predicted octanol–water partition coefficient (Wildman–Crippen LogP) is 4.57. The fraction of sp³-hybridized carbons (Fsp3) is 0.632. The number of ketones is 1. The molecule has 1 aromatic carbocycles. The van der Waals surface area contributed by atoms with Gasteiger partial charge in [-0.3, -0.25) is 4.79 Å². The largest absolute Gasteiger partial charge is 0.497 e. The lowest BCUT2D eigenvalue weighted by molar-refractivity contribution is -0.141. The van der Waals surface area contributed by atoms with E-state index in [1.165, 1.54) is 43.4 Å². The Labute approximate surface area is 137 Å². The van der Waals surface area contributed by atoms with Crippen molar-refractivity contribution in [2.75, 3.05) is 12.9 Å². The lowest BCUT2D eigenvalue weighted by Gasteiger charge is -2.56. The third kappa shape index (κ3) is 2.58. The van der Waals surface area contributed by atoms with E-state index in [-0.39, 0.29) is 5.41 Å². The van der Waals surface area contributed by atoms with Gasteiger partial charge in [-0.05, 0) is 80.5 Å². The number of carbonyl (C=O) groups is 1. The number of rotatable bonds is 5. The molecule has 1 aromatic rings. The third-order valence-corrected chi connectivity index (χ3v) is 7.07. The molecular formula is C19H24O2S. The Bertz CT molecular complexity index is 528. The molecule has 0 saturated heterocycles. The van der Waals surface area contributed by atoms with Crippen LogP contribution in [0.3, 0.4) is 0 Å². The van der Waals surface area contributed by atoms with E-state index in [2.05, 4.69) is 12.1 Å². The van der Waals surface area contributed by atoms with E-state index in [4.69, 9.17) is 4.74 Å². The molecule has 0 spiro atoms. The van der Waals surface area contributed by atoms with E-state index < -0.39 is 0 Å². The predicted molar refractivity (Wildman–Crippen MR) is 89.3 cm³/mol. The molecule has 0 aliphatic heterocycles. The molecule has 0 heterocycles. The zero-order valence-electron chi connectivity index (χ0n) is 13.2. The van der Waals surface area contributed by atoms with Gasteiger partial charge in [0, 0.05) is 10.3 Å². The van der Waals surface area contributed by atoms with Gasteiger partial charge in [-0.2, -0.15) is 0 Å². The van der Waals surface area contributed by atoms with Crippen LogP contribution in [0.5, 0.6) is 5.75 Å². The molecule has 118 valence electrons. The molecule has 0 unspecified atom stereocenters. The second-order valence-corrected chi connectivity index (χ2v) is 8.63. The molecule has 4 aliphatic carbocycles. The number of ether oxygens (including phenoxy) is 1. The molecule has 0 N–H and O–H groups in total. The number of carbonyl (C=O) groups excluding carboxylic acids is 1. The summed E-state index contributed by atoms with van der Waals surface area (Å²) in [5.74, 6) is 4.58. The minimum absolute atomic E-state index is 0.0498. The summed E-state index contributed by atoms with van der Waals surface area (Å²) in [4.78, 5) is 14.1. The summed E-state index contributed by atoms with van der Waals surface area (Å²) < 4.78 is 5.18. The Kier molecular flexibility index (Phi) is 3.72. The molecule has 4 fully saturated rings. The molecule has 22 heavy (non-hydrogen) atoms. The van der Waals surface area contributed by atoms with Crippen molar-refractivity contribution in [1.29, 1.82) is 0 Å². The highest BCUT2D eigenvalue weighted by Gasteiger charge is 2.53. The Morgan fingerprint density at radius 2 is 1.64 bits per heavy atom. The maximum atomic E-state index is 12.9. The monoisotopic (exact) mass is 316 g/mol. The first-order chi connectivity index (χ1) is 10.7. The maximum Gasteiger partial charge on any atom is 0.149 e. The van der Waals surface area contributed by atoms with E-state index in [1.54, 1.807) is 18.9 Å². The van der Waals surface area contributed by atoms with Crippen LogP contribution < -0.4 is 4.74 Å². The molecule has 4 saturated carbocycles. The quantitative estimate of drug-likeness (QED) is 0.744. The van der Waals surface area contributed by atoms with E-state index >= 15 is 0 Å². The lowest BCUT2D eigenvalue weighted by Crippen LogP contribution is -2.50. The first-order valence-electron chi connectivity index (χ1n) is 8.47. The van der Waals surface area contributed by atoms with Crippen LogP contribution in [0.4, 0.5) is 0 Å². The zero-order valence-corrected chi connectivity index (χ0v) is 14.0. The van der Waals surface area contributed by atoms with Crippen molar-refractivity contribution >= 4 is 17.5 Å². The Morgan fingerprint density at radius 3 is 2.14 bits per heavy atom. The van der Waals surface area contributed by atoms with Gasteiger partial charge in [0.2, 0.25) is 0 Å². The summed E-state index contributed by atoms with van der Waals surface area (Å²) in [6.07, 6.45) is 7.75. The molecule has 0 aromatic heterocycles. The summed E-state index contributed by atoms with van der Waals surface area (Å²) in [5, 5.41) is 0. The van der Waals surface area contributed by atoms with Gasteiger partial charge in [0.05, 0.1) is 12.9 Å². The Hall–Kier alpha value is -0.960. The summed E-state index contributed by atoms with van der Waals surface area (Å²) in [5.41, 5.74) is 0.0498. The third-order valence-electron chi connectivity index (χ3n) is 6.06. The minimum atomic E-state index is 0.0498. The summed E-state index contributed by atoms with van der Waals surface area (Å²) in [6.45, 7) is 0. The maximum absolute atomic E-state index is 12.9. The van der Waals surface area contributed by atoms with Crippen molar-refractivity contribution in [3.8, 4) is 5.75 Å². The van der Waals surface area contributed by atoms with Gasteiger partial charge >= 0.3 is 0 Å². The second-order valence-electron chi connectivity index (χ2n) is 7.59. The highest BCUT2D eigenvalue weighted by Crippen LogP contribution is 2.60. The molecule has 3 heteroatoms. The Balaban J connectivity index is 1.41. The van der Waals surface area contributed by atoms with E-state index in [0.29, 0.717) is 11.5 Å². The normalized spacial score (nSPS) is 35.6. The second kappa shape index (κ2) is 5.59. The van der Waals surface area contributed by atoms with Crippen LogP contribution in [0.2, 0.25) is 0 Å². The summed E-state index contributed by atoms with van der Waals surface area (Å²) in [7, 11) is 1.68. The van der Waals surface area contributed by atoms with Gasteiger partial charge < -0.3 is 4.74 Å². The van der Waals surface area contributed by atoms with Crippen molar-refractivity contribution in [3.63, 3.8) is 0 Å². The fourth-order valence-electron chi connectivity index (χ4n) is 5.43. The highest BCUT2D eigenvalue weighted by atomic mass is 32.2. The number of methoxy groups -OCH3 is 1. The number of hydrogen-bond donors (Lipinski definition) is 0. The number of hydrogen-bond acceptors (Lipinski definition) is 3. The van der Waals surface area contributed by atoms with E-state index in [9.17, 15) is 4.79 Å². The summed E-state index contributed by atoms with van der Waals surface area (Å²) in [6, 6.07) is 8.04. The average Bonchev–Trinajstić information content (AvgIpc) is 2.51. The molecule has 4 bridgehead atoms. The van der Waals surface area contributed by atoms with Gasteiger partial charge in [-0.1, -0.05) is 0 Å². The zero-order chi connectivity index (χ0) is 15.2. The first-order valence-corrected chi connectivity index (χ1v) is 9.45. The average molecular weight is 316 g/mol. The molecule has 5 rings (SSSR count). The van der Waals surface area contributed by atoms with Crippen LogP contribution in [-0.2, 0) is 4.79 Å². The number of thioether (sulfide) groups is 1. The molecule has 4 aliphatic rings. The van der Waals surface area contributed by atoms with Crippen LogP contribution in [-0.4, -0.2) is 18.6 Å². The van der Waals surface area contributed by atoms with Gasteiger partial charge in [0.1, 0.15) is 11.5 Å². The Morgan fingerprint density at radius 1 is 1.09 bits per heavy atom. The van der Waals surface area contributed by atoms with Crippen LogP contribution in [0.15, 0.2) is 29.2 Å². The SMILES string of the molecule is COc1ccc(SCC(=O)C23CC4CC(CC(C4)C2)C3)cc1. The van der Waals surface area contributed by atoms with Crippen LogP contribution >= 0.6 is 11.8 Å². The molecule has 0 amide bonds. The molecular weight excluding hydrogens is 292 g/mol. The van der Waals surface area contributed by atoms with Crippen molar-refractivity contribution in [2.24, 2.45) is 23.2 Å². The number of Topliss-reactive ketones (excluding diaryl/α,β-unsaturated/α-hetero) is 1. The van der Waals surface area contributed by atoms with Gasteiger partial charge in [-0.15, -0.1) is 11.8 Å². The standard InChI is InChI=1S/C19H24O2S/c1-21-16-2-4-17(5-3-16)22-12-18(20)19-9-13-6-14(10-19)8-15(7-13)11-19/h2-5,13-15H,6-12H2,1H3. The minimum Gasteiger partial charge on any atom is -0.497 e. The van der Waals surface area contributed by atoms with Crippen LogP contribution in [0, 0.1) is 23.2 Å². The molecule has 0 radical (unpaired) electrons. The van der Waals surface area contributed by atoms with Crippen molar-refractivity contribution in [1.82, 2.24) is 0 Å². The lowest BCUT2D eigenvalue weighted by atomic mass is 9.48. The van der Waals surface area contributed by atoms with E-state index in [1.807, 2.05) is 12.1 Å². The van der Waals surface area contributed by atoms with Gasteiger partial charge in [0.25, 0.3) is 0 Å². The van der Waals surface area contributed by atoms with Crippen LogP contribution in [0.25, 0.3) is 0 Å². The van der Waals surface area contributed by atoms with Crippen molar-refractivity contribution < 1.29 is 9.53 Å². The fourth-order valence-corrected chi connectivity index (χ4v) is 6.36. The summed E-state index contributed by atoms with van der Waals surface area (Å²) >= 11 is 1.69. The molecule has 0 atom stereocenters. The topological polar surface area (TPSA) is 26.3 Å². The van der Waals surface area contributed by atoms with Crippen molar-refractivity contribution in [3.05, 3.63) is 24.3 Å². The smallest absolute Gasteiger partial charge is 0.149 e. The van der Waals surface area contributed by atoms with Gasteiger partial charge in [-0.25, -0.2) is 0 Å². The van der Waals surface area contributed by atoms with Gasteiger partial charge in [0.15, 0.2) is 0 Å². The number of benzene rings is 1. The highest BCUT2D eigenvalue weighted by molar-refractivity contribution is 8.00. The van der Waals surface area contributed by atoms with E-state index in [0.717, 1.165) is 23.5 Å². The van der Waals surface area contributed by atoms with Crippen molar-refractivity contribution in [2.45, 2.75) is 43.4 Å².